The second-order valence-electron chi connectivity index (χ2n) is 5.97. The van der Waals surface area contributed by atoms with E-state index in [0.29, 0.717) is 35.2 Å². The molecule has 29 heavy (non-hydrogen) atoms. The van der Waals surface area contributed by atoms with Crippen molar-refractivity contribution in [2.75, 3.05) is 14.2 Å². The first kappa shape index (κ1) is 22.5. The monoisotopic (exact) mass is 438 g/mol. The first-order valence-electron chi connectivity index (χ1n) is 8.46. The maximum atomic E-state index is 11.3. The molecule has 0 aliphatic heterocycles. The second kappa shape index (κ2) is 10.2. The van der Waals surface area contributed by atoms with Gasteiger partial charge in [0, 0.05) is 23.2 Å². The summed E-state index contributed by atoms with van der Waals surface area (Å²) in [6, 6.07) is 13.6. The summed E-state index contributed by atoms with van der Waals surface area (Å²) in [6.45, 7) is 0.985. The number of hydrogen-bond acceptors (Lipinski definition) is 6. The Morgan fingerprint density at radius 3 is 2.55 bits per heavy atom. The van der Waals surface area contributed by atoms with Gasteiger partial charge in [-0.1, -0.05) is 11.6 Å². The van der Waals surface area contributed by atoms with Crippen molar-refractivity contribution in [1.29, 1.82) is 0 Å². The van der Waals surface area contributed by atoms with Crippen LogP contribution in [0.25, 0.3) is 11.3 Å². The van der Waals surface area contributed by atoms with Gasteiger partial charge in [-0.15, -0.1) is 12.4 Å². The summed E-state index contributed by atoms with van der Waals surface area (Å²) in [5.41, 5.74) is 1.24. The summed E-state index contributed by atoms with van der Waals surface area (Å²) in [6.07, 6.45) is 0. The number of nitrogens with zero attached hydrogens (tertiary/aromatic N) is 1. The van der Waals surface area contributed by atoms with Gasteiger partial charge in [0.2, 0.25) is 0 Å². The van der Waals surface area contributed by atoms with Crippen LogP contribution in [-0.2, 0) is 13.1 Å². The van der Waals surface area contributed by atoms with Crippen LogP contribution in [-0.4, -0.2) is 19.1 Å². The van der Waals surface area contributed by atoms with E-state index < -0.39 is 4.92 Å². The van der Waals surface area contributed by atoms with Gasteiger partial charge >= 0.3 is 0 Å². The summed E-state index contributed by atoms with van der Waals surface area (Å²) in [5, 5.41) is 14.8. The van der Waals surface area contributed by atoms with Crippen molar-refractivity contribution in [1.82, 2.24) is 5.32 Å². The third kappa shape index (κ3) is 5.41. The minimum Gasteiger partial charge on any atom is -0.497 e. The molecule has 0 aliphatic rings. The summed E-state index contributed by atoms with van der Waals surface area (Å²) in [4.78, 5) is 10.8. The van der Waals surface area contributed by atoms with Crippen LogP contribution in [0.5, 0.6) is 11.5 Å². The molecular formula is C20H20Cl2N2O5. The molecule has 7 nitrogen and oxygen atoms in total. The molecule has 1 N–H and O–H groups in total. The molecule has 2 aromatic carbocycles. The average molecular weight is 439 g/mol. The van der Waals surface area contributed by atoms with E-state index in [4.69, 9.17) is 25.5 Å². The van der Waals surface area contributed by atoms with Crippen LogP contribution < -0.4 is 14.8 Å². The largest absolute Gasteiger partial charge is 0.497 e. The molecule has 9 heteroatoms. The smallest absolute Gasteiger partial charge is 0.281 e. The van der Waals surface area contributed by atoms with Gasteiger partial charge in [-0.25, -0.2) is 0 Å². The number of nitrogens with one attached hydrogen (secondary N) is 1. The third-order valence-electron chi connectivity index (χ3n) is 4.19. The van der Waals surface area contributed by atoms with Crippen LogP contribution in [0, 0.1) is 10.1 Å². The highest BCUT2D eigenvalue weighted by Gasteiger charge is 2.18. The van der Waals surface area contributed by atoms with Crippen LogP contribution in [0.1, 0.15) is 11.3 Å². The molecule has 0 saturated heterocycles. The normalized spacial score (nSPS) is 10.3. The highest BCUT2D eigenvalue weighted by Crippen LogP contribution is 2.33. The molecule has 0 spiro atoms. The van der Waals surface area contributed by atoms with Gasteiger partial charge in [0.15, 0.2) is 0 Å². The van der Waals surface area contributed by atoms with Gasteiger partial charge in [0.05, 0.1) is 31.3 Å². The molecule has 1 heterocycles. The molecule has 1 aromatic heterocycles. The minimum absolute atomic E-state index is 0. The number of halogens is 2. The topological polar surface area (TPSA) is 86.8 Å². The molecule has 3 rings (SSSR count). The first-order valence-corrected chi connectivity index (χ1v) is 8.84. The Morgan fingerprint density at radius 1 is 1.07 bits per heavy atom. The zero-order valence-corrected chi connectivity index (χ0v) is 17.4. The van der Waals surface area contributed by atoms with Gasteiger partial charge in [-0.05, 0) is 42.5 Å². The van der Waals surface area contributed by atoms with Crippen LogP contribution in [0.3, 0.4) is 0 Å². The number of methoxy groups -OCH3 is 2. The average Bonchev–Trinajstić information content (AvgIpc) is 3.16. The zero-order chi connectivity index (χ0) is 20.1. The van der Waals surface area contributed by atoms with Crippen molar-refractivity contribution in [2.24, 2.45) is 0 Å². The maximum Gasteiger partial charge on any atom is 0.281 e. The predicted molar refractivity (Wildman–Crippen MR) is 113 cm³/mol. The number of ether oxygens (including phenoxy) is 2. The summed E-state index contributed by atoms with van der Waals surface area (Å²) >= 11 is 5.86. The number of hydrogen-bond donors (Lipinski definition) is 1. The van der Waals surface area contributed by atoms with Gasteiger partial charge in [0.25, 0.3) is 5.69 Å². The Labute approximate surface area is 179 Å². The van der Waals surface area contributed by atoms with E-state index in [0.717, 1.165) is 17.1 Å². The number of nitro benzene ring substituents is 1. The molecule has 3 aromatic rings. The lowest BCUT2D eigenvalue weighted by molar-refractivity contribution is -0.384. The van der Waals surface area contributed by atoms with Gasteiger partial charge in [0.1, 0.15) is 23.0 Å². The van der Waals surface area contributed by atoms with Crippen molar-refractivity contribution < 1.29 is 18.8 Å². The van der Waals surface area contributed by atoms with Crippen molar-refractivity contribution in [3.8, 4) is 22.8 Å². The molecule has 0 bridgehead atoms. The number of furan rings is 1. The highest BCUT2D eigenvalue weighted by molar-refractivity contribution is 6.30. The van der Waals surface area contributed by atoms with Crippen molar-refractivity contribution >= 4 is 29.7 Å². The molecule has 0 radical (unpaired) electrons. The molecular weight excluding hydrogens is 419 g/mol. The van der Waals surface area contributed by atoms with E-state index in [-0.39, 0.29) is 18.1 Å². The Kier molecular flexibility index (Phi) is 7.90. The quantitative estimate of drug-likeness (QED) is 0.382. The molecule has 0 saturated carbocycles. The Morgan fingerprint density at radius 2 is 1.86 bits per heavy atom. The second-order valence-corrected chi connectivity index (χ2v) is 6.40. The molecule has 154 valence electrons. The Bertz CT molecular complexity index is 991. The summed E-state index contributed by atoms with van der Waals surface area (Å²) in [5.74, 6) is 2.57. The molecule has 0 atom stereocenters. The Balaban J connectivity index is 0.00000300. The maximum absolute atomic E-state index is 11.3. The summed E-state index contributed by atoms with van der Waals surface area (Å²) in [7, 11) is 3.22. The lowest BCUT2D eigenvalue weighted by atomic mass is 10.1. The van der Waals surface area contributed by atoms with E-state index in [9.17, 15) is 10.1 Å². The van der Waals surface area contributed by atoms with Crippen LogP contribution in [0.15, 0.2) is 52.9 Å². The summed E-state index contributed by atoms with van der Waals surface area (Å²) < 4.78 is 16.4. The van der Waals surface area contributed by atoms with E-state index in [2.05, 4.69) is 5.32 Å². The first-order chi connectivity index (χ1) is 13.5. The van der Waals surface area contributed by atoms with Crippen LogP contribution in [0.4, 0.5) is 5.69 Å². The van der Waals surface area contributed by atoms with Gasteiger partial charge in [-0.2, -0.15) is 0 Å². The SMILES string of the molecule is COc1ccc(OC)c(CNCc2ccc(-c3ccc(Cl)cc3[N+](=O)[O-])o2)c1.Cl. The molecule has 0 fully saturated rings. The fourth-order valence-electron chi connectivity index (χ4n) is 2.82. The van der Waals surface area contributed by atoms with E-state index in [1.165, 1.54) is 6.07 Å². The lowest BCUT2D eigenvalue weighted by Gasteiger charge is -2.11. The van der Waals surface area contributed by atoms with Crippen LogP contribution >= 0.6 is 24.0 Å². The Hall–Kier alpha value is -2.74. The van der Waals surface area contributed by atoms with Crippen molar-refractivity contribution in [3.05, 3.63) is 75.0 Å². The highest BCUT2D eigenvalue weighted by atomic mass is 35.5. The van der Waals surface area contributed by atoms with E-state index >= 15 is 0 Å². The van der Waals surface area contributed by atoms with Crippen molar-refractivity contribution in [3.63, 3.8) is 0 Å². The van der Waals surface area contributed by atoms with Gasteiger partial charge < -0.3 is 19.2 Å². The number of nitro groups is 1. The molecule has 0 amide bonds. The van der Waals surface area contributed by atoms with E-state index in [1.54, 1.807) is 38.5 Å². The molecule has 0 aliphatic carbocycles. The predicted octanol–water partition coefficient (Wildman–Crippen LogP) is 5.24. The minimum atomic E-state index is -0.475. The lowest BCUT2D eigenvalue weighted by Crippen LogP contribution is -2.13. The standard InChI is InChI=1S/C20H19ClN2O5.ClH/c1-26-15-4-7-19(27-2)13(9-15)11-22-12-16-5-8-20(28-16)17-6-3-14(21)10-18(17)23(24)25;/h3-10,22H,11-12H2,1-2H3;1H. The fraction of sp³-hybridized carbons (Fsp3) is 0.200. The van der Waals surface area contributed by atoms with E-state index in [1.807, 2.05) is 18.2 Å². The number of benzene rings is 2. The van der Waals surface area contributed by atoms with Crippen molar-refractivity contribution in [2.45, 2.75) is 13.1 Å². The molecule has 0 unspecified atom stereocenters. The third-order valence-corrected chi connectivity index (χ3v) is 4.42. The van der Waals surface area contributed by atoms with Crippen LogP contribution in [0.2, 0.25) is 5.02 Å². The zero-order valence-electron chi connectivity index (χ0n) is 15.8. The number of rotatable bonds is 8. The fourth-order valence-corrected chi connectivity index (χ4v) is 2.99. The van der Waals surface area contributed by atoms with Gasteiger partial charge in [-0.3, -0.25) is 10.1 Å².